The molecule has 0 saturated heterocycles. The molecule has 1 aromatic carbocycles. The summed E-state index contributed by atoms with van der Waals surface area (Å²) in [6.07, 6.45) is 1.85. The van der Waals surface area contributed by atoms with Crippen LogP contribution in [0.4, 0.5) is 0 Å². The van der Waals surface area contributed by atoms with E-state index in [0.29, 0.717) is 16.5 Å². The summed E-state index contributed by atoms with van der Waals surface area (Å²) in [5.74, 6) is -0.910. The fourth-order valence-corrected chi connectivity index (χ4v) is 2.54. The van der Waals surface area contributed by atoms with E-state index in [2.05, 4.69) is 10.3 Å². The first kappa shape index (κ1) is 17.2. The molecular formula is C17H19ClN2O3. The SMILES string of the molecule is CCC[C@@H](C)NC(=O)COC(=O)c1cc(Cl)nc2ccccc12. The van der Waals surface area contributed by atoms with Gasteiger partial charge in [-0.1, -0.05) is 43.1 Å². The summed E-state index contributed by atoms with van der Waals surface area (Å²) in [5, 5.41) is 3.63. The maximum absolute atomic E-state index is 12.2. The first-order valence-corrected chi connectivity index (χ1v) is 7.90. The van der Waals surface area contributed by atoms with Crippen molar-refractivity contribution < 1.29 is 14.3 Å². The van der Waals surface area contributed by atoms with Crippen molar-refractivity contribution in [1.82, 2.24) is 10.3 Å². The highest BCUT2D eigenvalue weighted by Gasteiger charge is 2.16. The predicted molar refractivity (Wildman–Crippen MR) is 89.5 cm³/mol. The number of amides is 1. The molecule has 0 bridgehead atoms. The predicted octanol–water partition coefficient (Wildman–Crippen LogP) is 3.35. The molecule has 5 nitrogen and oxygen atoms in total. The second-order valence-electron chi connectivity index (χ2n) is 5.34. The number of para-hydroxylation sites is 1. The Labute approximate surface area is 140 Å². The van der Waals surface area contributed by atoms with Gasteiger partial charge >= 0.3 is 5.97 Å². The Kier molecular flexibility index (Phi) is 5.93. The van der Waals surface area contributed by atoms with Crippen molar-refractivity contribution >= 4 is 34.4 Å². The van der Waals surface area contributed by atoms with Crippen LogP contribution in [0.3, 0.4) is 0 Å². The third-order valence-electron chi connectivity index (χ3n) is 3.37. The fourth-order valence-electron chi connectivity index (χ4n) is 2.34. The molecule has 0 aliphatic heterocycles. The van der Waals surface area contributed by atoms with Crippen molar-refractivity contribution in [3.63, 3.8) is 0 Å². The van der Waals surface area contributed by atoms with Crippen molar-refractivity contribution in [2.45, 2.75) is 32.7 Å². The smallest absolute Gasteiger partial charge is 0.339 e. The van der Waals surface area contributed by atoms with E-state index in [1.54, 1.807) is 18.2 Å². The molecule has 2 aromatic rings. The Morgan fingerprint density at radius 3 is 2.83 bits per heavy atom. The minimum absolute atomic E-state index is 0.0578. The van der Waals surface area contributed by atoms with Gasteiger partial charge in [-0.3, -0.25) is 4.79 Å². The highest BCUT2D eigenvalue weighted by Crippen LogP contribution is 2.21. The molecule has 0 fully saturated rings. The Hall–Kier alpha value is -2.14. The normalized spacial score (nSPS) is 12.0. The summed E-state index contributed by atoms with van der Waals surface area (Å²) in [6.45, 7) is 3.64. The maximum Gasteiger partial charge on any atom is 0.339 e. The third kappa shape index (κ3) is 4.66. The Balaban J connectivity index is 2.05. The van der Waals surface area contributed by atoms with E-state index in [1.807, 2.05) is 19.9 Å². The van der Waals surface area contributed by atoms with Crippen LogP contribution in [0.2, 0.25) is 5.15 Å². The number of carbonyl (C=O) groups is 2. The Morgan fingerprint density at radius 2 is 2.09 bits per heavy atom. The minimum atomic E-state index is -0.594. The highest BCUT2D eigenvalue weighted by atomic mass is 35.5. The van der Waals surface area contributed by atoms with Crippen molar-refractivity contribution in [3.8, 4) is 0 Å². The van der Waals surface area contributed by atoms with Crippen LogP contribution in [0.1, 0.15) is 37.0 Å². The van der Waals surface area contributed by atoms with Gasteiger partial charge in [0.25, 0.3) is 5.91 Å². The molecule has 122 valence electrons. The average Bonchev–Trinajstić information content (AvgIpc) is 2.52. The van der Waals surface area contributed by atoms with E-state index >= 15 is 0 Å². The van der Waals surface area contributed by atoms with E-state index in [-0.39, 0.29) is 23.7 Å². The van der Waals surface area contributed by atoms with Gasteiger partial charge < -0.3 is 10.1 Å². The number of hydrogen-bond donors (Lipinski definition) is 1. The first-order chi connectivity index (χ1) is 11.0. The molecule has 0 unspecified atom stereocenters. The van der Waals surface area contributed by atoms with Gasteiger partial charge in [0, 0.05) is 11.4 Å². The van der Waals surface area contributed by atoms with Crippen LogP contribution in [0.15, 0.2) is 30.3 Å². The zero-order valence-electron chi connectivity index (χ0n) is 13.1. The molecule has 0 aliphatic carbocycles. The molecule has 0 radical (unpaired) electrons. The molecule has 1 amide bonds. The van der Waals surface area contributed by atoms with Gasteiger partial charge in [0.05, 0.1) is 11.1 Å². The molecular weight excluding hydrogens is 316 g/mol. The number of esters is 1. The van der Waals surface area contributed by atoms with E-state index in [1.165, 1.54) is 6.07 Å². The second kappa shape index (κ2) is 7.92. The highest BCUT2D eigenvalue weighted by molar-refractivity contribution is 6.30. The molecule has 2 rings (SSSR count). The number of fused-ring (bicyclic) bond motifs is 1. The number of rotatable bonds is 6. The van der Waals surface area contributed by atoms with Gasteiger partial charge in [0.15, 0.2) is 6.61 Å². The van der Waals surface area contributed by atoms with Crippen LogP contribution in [-0.2, 0) is 9.53 Å². The number of pyridine rings is 1. The second-order valence-corrected chi connectivity index (χ2v) is 5.73. The lowest BCUT2D eigenvalue weighted by molar-refractivity contribution is -0.124. The standard InChI is InChI=1S/C17H19ClN2O3/c1-3-6-11(2)19-16(21)10-23-17(22)13-9-15(18)20-14-8-5-4-7-12(13)14/h4-5,7-9,11H,3,6,10H2,1-2H3,(H,19,21)/t11-/m1/s1. The molecule has 1 heterocycles. The van der Waals surface area contributed by atoms with E-state index in [9.17, 15) is 9.59 Å². The van der Waals surface area contributed by atoms with E-state index in [4.69, 9.17) is 16.3 Å². The summed E-state index contributed by atoms with van der Waals surface area (Å²) in [5.41, 5.74) is 0.906. The van der Waals surface area contributed by atoms with E-state index in [0.717, 1.165) is 12.8 Å². The number of hydrogen-bond acceptors (Lipinski definition) is 4. The molecule has 0 saturated carbocycles. The summed E-state index contributed by atoms with van der Waals surface area (Å²) in [6, 6.07) is 8.64. The van der Waals surface area contributed by atoms with Gasteiger partial charge in [-0.25, -0.2) is 9.78 Å². The number of benzene rings is 1. The maximum atomic E-state index is 12.2. The summed E-state index contributed by atoms with van der Waals surface area (Å²) in [4.78, 5) is 28.2. The van der Waals surface area contributed by atoms with Crippen LogP contribution in [0.5, 0.6) is 0 Å². The summed E-state index contributed by atoms with van der Waals surface area (Å²) < 4.78 is 5.09. The van der Waals surface area contributed by atoms with Gasteiger partial charge in [0.2, 0.25) is 0 Å². The quantitative estimate of drug-likeness (QED) is 0.649. The summed E-state index contributed by atoms with van der Waals surface area (Å²) in [7, 11) is 0. The molecule has 1 N–H and O–H groups in total. The molecule has 1 aromatic heterocycles. The molecule has 23 heavy (non-hydrogen) atoms. The zero-order chi connectivity index (χ0) is 16.8. The number of aromatic nitrogens is 1. The minimum Gasteiger partial charge on any atom is -0.452 e. The number of carbonyl (C=O) groups excluding carboxylic acids is 2. The van der Waals surface area contributed by atoms with Crippen molar-refractivity contribution in [1.29, 1.82) is 0 Å². The Bertz CT molecular complexity index is 718. The third-order valence-corrected chi connectivity index (χ3v) is 3.56. The topological polar surface area (TPSA) is 68.3 Å². The van der Waals surface area contributed by atoms with Crippen molar-refractivity contribution in [3.05, 3.63) is 41.0 Å². The molecule has 0 spiro atoms. The largest absolute Gasteiger partial charge is 0.452 e. The van der Waals surface area contributed by atoms with Gasteiger partial charge in [-0.15, -0.1) is 0 Å². The van der Waals surface area contributed by atoms with Crippen LogP contribution in [0.25, 0.3) is 10.9 Å². The lowest BCUT2D eigenvalue weighted by Gasteiger charge is -2.13. The zero-order valence-corrected chi connectivity index (χ0v) is 13.9. The van der Waals surface area contributed by atoms with Gasteiger partial charge in [0.1, 0.15) is 5.15 Å². The lowest BCUT2D eigenvalue weighted by atomic mass is 10.1. The van der Waals surface area contributed by atoms with Gasteiger partial charge in [-0.05, 0) is 25.5 Å². The number of nitrogens with zero attached hydrogens (tertiary/aromatic N) is 1. The van der Waals surface area contributed by atoms with Gasteiger partial charge in [-0.2, -0.15) is 0 Å². The molecule has 6 heteroatoms. The molecule has 0 aliphatic rings. The molecule has 1 atom stereocenters. The van der Waals surface area contributed by atoms with Crippen molar-refractivity contribution in [2.24, 2.45) is 0 Å². The van der Waals surface area contributed by atoms with Crippen LogP contribution in [-0.4, -0.2) is 29.5 Å². The first-order valence-electron chi connectivity index (χ1n) is 7.53. The lowest BCUT2D eigenvalue weighted by Crippen LogP contribution is -2.35. The summed E-state index contributed by atoms with van der Waals surface area (Å²) >= 11 is 5.94. The number of nitrogens with one attached hydrogen (secondary N) is 1. The van der Waals surface area contributed by atoms with Crippen LogP contribution >= 0.6 is 11.6 Å². The Morgan fingerprint density at radius 1 is 1.35 bits per heavy atom. The van der Waals surface area contributed by atoms with Crippen molar-refractivity contribution in [2.75, 3.05) is 6.61 Å². The van der Waals surface area contributed by atoms with E-state index < -0.39 is 5.97 Å². The van der Waals surface area contributed by atoms with Crippen LogP contribution < -0.4 is 5.32 Å². The number of halogens is 1. The number of ether oxygens (including phenoxy) is 1. The van der Waals surface area contributed by atoms with Crippen LogP contribution in [0, 0.1) is 0 Å². The fraction of sp³-hybridized carbons (Fsp3) is 0.353. The average molecular weight is 335 g/mol. The monoisotopic (exact) mass is 334 g/mol.